The topological polar surface area (TPSA) is 139 Å². The first-order chi connectivity index (χ1) is 20.7. The summed E-state index contributed by atoms with van der Waals surface area (Å²) >= 11 is 6.17. The maximum Gasteiger partial charge on any atom is 0.222 e. The number of carbonyl (C=O) groups is 2. The molecule has 1 amide bonds. The number of hydrogen-bond donors (Lipinski definition) is 3. The van der Waals surface area contributed by atoms with Gasteiger partial charge in [0.05, 0.1) is 24.9 Å². The van der Waals surface area contributed by atoms with Gasteiger partial charge in [0.2, 0.25) is 5.91 Å². The number of halogens is 1. The maximum absolute atomic E-state index is 13.1. The Kier molecular flexibility index (Phi) is 9.06. The molecule has 4 aromatic rings. The third kappa shape index (κ3) is 6.70. The summed E-state index contributed by atoms with van der Waals surface area (Å²) in [6.45, 7) is 2.32. The minimum absolute atomic E-state index is 0.0726. The molecule has 10 nitrogen and oxygen atoms in total. The summed E-state index contributed by atoms with van der Waals surface area (Å²) in [4.78, 5) is 30.5. The van der Waals surface area contributed by atoms with Crippen LogP contribution in [0, 0.1) is 6.92 Å². The molecule has 0 saturated carbocycles. The molecule has 11 heteroatoms. The molecule has 222 valence electrons. The molecule has 5 rings (SSSR count). The highest BCUT2D eigenvalue weighted by Crippen LogP contribution is 2.34. The van der Waals surface area contributed by atoms with Gasteiger partial charge < -0.3 is 20.3 Å². The van der Waals surface area contributed by atoms with Crippen LogP contribution in [-0.4, -0.2) is 56.0 Å². The molecule has 1 aliphatic heterocycles. The Morgan fingerprint density at radius 2 is 1.77 bits per heavy atom. The van der Waals surface area contributed by atoms with Crippen LogP contribution in [0.2, 0.25) is 5.02 Å². The molecular formula is C32H32ClN5O5. The zero-order chi connectivity index (χ0) is 30.5. The van der Waals surface area contributed by atoms with Crippen LogP contribution in [0.1, 0.15) is 71.3 Å². The largest absolute Gasteiger partial charge is 0.504 e. The number of aryl methyl sites for hydroxylation is 1. The average molecular weight is 602 g/mol. The number of nitrogens with zero attached hydrogens (tertiary/aromatic N) is 4. The van der Waals surface area contributed by atoms with Crippen LogP contribution >= 0.6 is 11.6 Å². The van der Waals surface area contributed by atoms with Crippen molar-refractivity contribution in [2.45, 2.75) is 45.1 Å². The van der Waals surface area contributed by atoms with Gasteiger partial charge in [-0.05, 0) is 68.3 Å². The van der Waals surface area contributed by atoms with E-state index in [0.29, 0.717) is 59.5 Å². The minimum atomic E-state index is -0.593. The molecule has 1 aliphatic rings. The van der Waals surface area contributed by atoms with Crippen molar-refractivity contribution in [2.75, 3.05) is 13.7 Å². The number of hydrogen-bond acceptors (Lipinski definition) is 8. The van der Waals surface area contributed by atoms with Gasteiger partial charge in [-0.2, -0.15) is 0 Å². The Hall–Kier alpha value is -4.70. The number of aromatic hydroxyl groups is 2. The van der Waals surface area contributed by atoms with Gasteiger partial charge in [0.25, 0.3) is 0 Å². The average Bonchev–Trinajstić information content (AvgIpc) is 3.33. The van der Waals surface area contributed by atoms with Crippen molar-refractivity contribution in [2.24, 2.45) is 4.99 Å². The highest BCUT2D eigenvalue weighted by molar-refractivity contribution is 6.30. The Morgan fingerprint density at radius 3 is 2.51 bits per heavy atom. The lowest BCUT2D eigenvalue weighted by molar-refractivity contribution is -0.121. The number of phenolic OH excluding ortho intramolecular Hbond substituents is 2. The number of ketones is 1. The van der Waals surface area contributed by atoms with Crippen LogP contribution in [0.15, 0.2) is 65.7 Å². The first-order valence-corrected chi connectivity index (χ1v) is 14.4. The van der Waals surface area contributed by atoms with Crippen LogP contribution in [-0.2, 0) is 4.79 Å². The number of methoxy groups -OCH3 is 1. The Morgan fingerprint density at radius 1 is 0.977 bits per heavy atom. The molecule has 0 saturated heterocycles. The second kappa shape index (κ2) is 13.1. The van der Waals surface area contributed by atoms with E-state index in [1.54, 1.807) is 19.2 Å². The molecule has 3 N–H and O–H groups in total. The van der Waals surface area contributed by atoms with Crippen LogP contribution in [0.25, 0.3) is 5.69 Å². The summed E-state index contributed by atoms with van der Waals surface area (Å²) in [5.41, 5.74) is 3.56. The standard InChI is InChI=1S/C32H32ClN5O5/c1-19-36-37-32-25(18-30(42)34-15-5-3-4-6-27(39)21-9-14-28(40)29(41)16-21)35-31(20-7-10-22(33)11-8-20)24-17-23(43-2)12-13-26(24)38(19)32/h7-14,16-17,25,40-41H,3-6,15,18H2,1-2H3,(H,34,42)/t25-/m0/s1. The fourth-order valence-corrected chi connectivity index (χ4v) is 5.21. The number of aliphatic imine (C=N–C) groups is 1. The quantitative estimate of drug-likeness (QED) is 0.117. The smallest absolute Gasteiger partial charge is 0.222 e. The number of benzene rings is 3. The number of nitrogens with one attached hydrogen (secondary N) is 1. The minimum Gasteiger partial charge on any atom is -0.504 e. The molecule has 3 aromatic carbocycles. The predicted octanol–water partition coefficient (Wildman–Crippen LogP) is 5.49. The van der Waals surface area contributed by atoms with Crippen molar-refractivity contribution in [3.63, 3.8) is 0 Å². The summed E-state index contributed by atoms with van der Waals surface area (Å²) in [7, 11) is 1.61. The Labute approximate surface area is 254 Å². The molecule has 0 bridgehead atoms. The molecule has 2 heterocycles. The van der Waals surface area contributed by atoms with Crippen molar-refractivity contribution in [3.8, 4) is 22.9 Å². The number of aromatic nitrogens is 3. The normalized spacial score (nSPS) is 13.8. The highest BCUT2D eigenvalue weighted by Gasteiger charge is 2.30. The van der Waals surface area contributed by atoms with E-state index in [4.69, 9.17) is 21.3 Å². The monoisotopic (exact) mass is 601 g/mol. The molecule has 0 radical (unpaired) electrons. The second-order valence-electron chi connectivity index (χ2n) is 10.3. The van der Waals surface area contributed by atoms with E-state index in [-0.39, 0.29) is 29.6 Å². The number of phenols is 2. The summed E-state index contributed by atoms with van der Waals surface area (Å²) in [6.07, 6.45) is 2.46. The van der Waals surface area contributed by atoms with Gasteiger partial charge in [-0.25, -0.2) is 0 Å². The number of amides is 1. The summed E-state index contributed by atoms with van der Waals surface area (Å²) in [6, 6.07) is 16.6. The van der Waals surface area contributed by atoms with E-state index in [1.165, 1.54) is 18.2 Å². The highest BCUT2D eigenvalue weighted by atomic mass is 35.5. The molecule has 0 aliphatic carbocycles. The lowest BCUT2D eigenvalue weighted by Crippen LogP contribution is -2.26. The lowest BCUT2D eigenvalue weighted by atomic mass is 10.00. The van der Waals surface area contributed by atoms with E-state index < -0.39 is 6.04 Å². The number of ether oxygens (including phenoxy) is 1. The number of unbranched alkanes of at least 4 members (excludes halogenated alkanes) is 2. The zero-order valence-electron chi connectivity index (χ0n) is 23.9. The van der Waals surface area contributed by atoms with Gasteiger partial charge in [0, 0.05) is 34.7 Å². The molecular weight excluding hydrogens is 570 g/mol. The Bertz CT molecular complexity index is 1680. The maximum atomic E-state index is 13.1. The van der Waals surface area contributed by atoms with E-state index >= 15 is 0 Å². The summed E-state index contributed by atoms with van der Waals surface area (Å²) < 4.78 is 7.45. The van der Waals surface area contributed by atoms with E-state index in [9.17, 15) is 19.8 Å². The fourth-order valence-electron chi connectivity index (χ4n) is 5.08. The third-order valence-electron chi connectivity index (χ3n) is 7.33. The van der Waals surface area contributed by atoms with E-state index in [0.717, 1.165) is 23.2 Å². The number of carbonyl (C=O) groups excluding carboxylic acids is 2. The van der Waals surface area contributed by atoms with Gasteiger partial charge >= 0.3 is 0 Å². The molecule has 0 fully saturated rings. The first kappa shape index (κ1) is 29.8. The lowest BCUT2D eigenvalue weighted by Gasteiger charge is -2.14. The zero-order valence-corrected chi connectivity index (χ0v) is 24.6. The summed E-state index contributed by atoms with van der Waals surface area (Å²) in [5, 5.41) is 31.3. The van der Waals surface area contributed by atoms with Crippen molar-refractivity contribution in [1.29, 1.82) is 0 Å². The molecule has 1 atom stereocenters. The summed E-state index contributed by atoms with van der Waals surface area (Å²) in [5.74, 6) is 1.06. The van der Waals surface area contributed by atoms with Gasteiger partial charge in [0.1, 0.15) is 17.6 Å². The Balaban J connectivity index is 1.26. The number of fused-ring (bicyclic) bond motifs is 3. The van der Waals surface area contributed by atoms with Crippen molar-refractivity contribution >= 4 is 29.0 Å². The predicted molar refractivity (Wildman–Crippen MR) is 163 cm³/mol. The van der Waals surface area contributed by atoms with Crippen molar-refractivity contribution in [1.82, 2.24) is 20.1 Å². The third-order valence-corrected chi connectivity index (χ3v) is 7.58. The number of Topliss-reactive ketones (excluding diaryl/α,β-unsaturated/α-hetero) is 1. The van der Waals surface area contributed by atoms with Crippen LogP contribution in [0.5, 0.6) is 17.2 Å². The van der Waals surface area contributed by atoms with Gasteiger partial charge in [0.15, 0.2) is 23.1 Å². The van der Waals surface area contributed by atoms with Crippen molar-refractivity contribution < 1.29 is 24.5 Å². The van der Waals surface area contributed by atoms with Crippen LogP contribution in [0.3, 0.4) is 0 Å². The molecule has 43 heavy (non-hydrogen) atoms. The van der Waals surface area contributed by atoms with E-state index in [1.807, 2.05) is 41.8 Å². The molecule has 0 spiro atoms. The molecule has 1 aromatic heterocycles. The van der Waals surface area contributed by atoms with Gasteiger partial charge in [-0.1, -0.05) is 30.2 Å². The second-order valence-corrected chi connectivity index (χ2v) is 10.8. The van der Waals surface area contributed by atoms with Crippen LogP contribution < -0.4 is 10.1 Å². The first-order valence-electron chi connectivity index (χ1n) is 14.0. The molecule has 0 unspecified atom stereocenters. The van der Waals surface area contributed by atoms with E-state index in [2.05, 4.69) is 15.5 Å². The van der Waals surface area contributed by atoms with Gasteiger partial charge in [-0.15, -0.1) is 10.2 Å². The van der Waals surface area contributed by atoms with Crippen LogP contribution in [0.4, 0.5) is 0 Å². The van der Waals surface area contributed by atoms with Gasteiger partial charge in [-0.3, -0.25) is 19.1 Å². The fraction of sp³-hybridized carbons (Fsp3) is 0.281. The van der Waals surface area contributed by atoms with Crippen molar-refractivity contribution in [3.05, 3.63) is 94.0 Å². The number of rotatable bonds is 11. The SMILES string of the molecule is COc1ccc2c(c1)C(c1ccc(Cl)cc1)=N[C@@H](CC(=O)NCCCCCC(=O)c1ccc(O)c(O)c1)c1nnc(C)n1-2.